The van der Waals surface area contributed by atoms with E-state index >= 15 is 0 Å². The summed E-state index contributed by atoms with van der Waals surface area (Å²) in [6.45, 7) is 7.26. The van der Waals surface area contributed by atoms with Gasteiger partial charge in [-0.1, -0.05) is 25.0 Å². The van der Waals surface area contributed by atoms with Gasteiger partial charge in [0, 0.05) is 36.0 Å². The molecule has 1 aromatic carbocycles. The second-order valence-electron chi connectivity index (χ2n) is 14.4. The van der Waals surface area contributed by atoms with Crippen molar-refractivity contribution in [3.63, 3.8) is 0 Å². The largest absolute Gasteiger partial charge is 0.497 e. The zero-order chi connectivity index (χ0) is 37.0. The number of alkyl carbamates (subject to hydrolysis) is 1. The van der Waals surface area contributed by atoms with Crippen LogP contribution in [-0.4, -0.2) is 92.2 Å². The van der Waals surface area contributed by atoms with Crippen molar-refractivity contribution in [2.45, 2.75) is 102 Å². The van der Waals surface area contributed by atoms with Crippen molar-refractivity contribution in [1.29, 1.82) is 0 Å². The highest BCUT2D eigenvalue weighted by Crippen LogP contribution is 2.46. The number of amides is 3. The summed E-state index contributed by atoms with van der Waals surface area (Å²) in [5.41, 5.74) is -0.0287. The van der Waals surface area contributed by atoms with Crippen LogP contribution in [0.5, 0.6) is 5.75 Å². The van der Waals surface area contributed by atoms with E-state index in [1.54, 1.807) is 45.8 Å². The summed E-state index contributed by atoms with van der Waals surface area (Å²) in [4.78, 5) is 62.7. The molecule has 2 fully saturated rings. The first kappa shape index (κ1) is 37.0. The average molecular weight is 734 g/mol. The first-order chi connectivity index (χ1) is 24.9. The zero-order valence-corrected chi connectivity index (χ0v) is 31.1. The lowest BCUT2D eigenvalue weighted by Gasteiger charge is -2.30. The van der Waals surface area contributed by atoms with Crippen molar-refractivity contribution in [1.82, 2.24) is 35.5 Å². The number of ether oxygens (including phenoxy) is 3. The second kappa shape index (κ2) is 15.4. The van der Waals surface area contributed by atoms with Gasteiger partial charge < -0.3 is 29.7 Å². The molecule has 2 aromatic heterocycles. The van der Waals surface area contributed by atoms with Crippen LogP contribution in [0.2, 0.25) is 0 Å². The Morgan fingerprint density at radius 2 is 1.87 bits per heavy atom. The van der Waals surface area contributed by atoms with Gasteiger partial charge in [-0.25, -0.2) is 14.6 Å². The molecular formula is C37H47N7O7S. The summed E-state index contributed by atoms with van der Waals surface area (Å²) >= 11 is 1.43. The number of hydrogen-bond donors (Lipinski definition) is 2. The van der Waals surface area contributed by atoms with E-state index in [0.29, 0.717) is 41.4 Å². The van der Waals surface area contributed by atoms with Gasteiger partial charge in [0.25, 0.3) is 0 Å². The van der Waals surface area contributed by atoms with Crippen LogP contribution < -0.4 is 15.4 Å². The Labute approximate surface area is 307 Å². The van der Waals surface area contributed by atoms with Crippen LogP contribution in [0.25, 0.3) is 22.0 Å². The molecule has 3 amide bonds. The highest BCUT2D eigenvalue weighted by molar-refractivity contribution is 7.13. The predicted octanol–water partition coefficient (Wildman–Crippen LogP) is 5.07. The number of esters is 1. The van der Waals surface area contributed by atoms with E-state index in [0.717, 1.165) is 24.8 Å². The van der Waals surface area contributed by atoms with Crippen molar-refractivity contribution in [3.8, 4) is 27.7 Å². The average Bonchev–Trinajstić information content (AvgIpc) is 3.57. The fourth-order valence-electron chi connectivity index (χ4n) is 6.85. The number of fused-ring (bicyclic) bond motifs is 2. The van der Waals surface area contributed by atoms with Gasteiger partial charge in [-0.15, -0.1) is 16.4 Å². The molecule has 14 nitrogen and oxygen atoms in total. The summed E-state index contributed by atoms with van der Waals surface area (Å²) < 4.78 is 16.3. The predicted molar refractivity (Wildman–Crippen MR) is 193 cm³/mol. The van der Waals surface area contributed by atoms with Gasteiger partial charge in [0.2, 0.25) is 11.8 Å². The summed E-state index contributed by atoms with van der Waals surface area (Å²) in [6, 6.07) is 5.02. The van der Waals surface area contributed by atoms with Gasteiger partial charge in [0.1, 0.15) is 45.4 Å². The molecule has 2 N–H and O–H groups in total. The minimum Gasteiger partial charge on any atom is -0.497 e. The molecule has 1 saturated heterocycles. The summed E-state index contributed by atoms with van der Waals surface area (Å²) in [7, 11) is 1.60. The third-order valence-corrected chi connectivity index (χ3v) is 10.3. The Hall–Kier alpha value is -4.79. The van der Waals surface area contributed by atoms with E-state index in [9.17, 15) is 19.2 Å². The van der Waals surface area contributed by atoms with Crippen LogP contribution in [0.15, 0.2) is 48.0 Å². The third kappa shape index (κ3) is 8.14. The van der Waals surface area contributed by atoms with Crippen LogP contribution >= 0.6 is 11.3 Å². The number of rotatable bonds is 7. The van der Waals surface area contributed by atoms with Crippen molar-refractivity contribution < 1.29 is 33.4 Å². The molecule has 1 aliphatic carbocycles. The number of hydrogen-bond acceptors (Lipinski definition) is 11. The molecule has 5 atom stereocenters. The van der Waals surface area contributed by atoms with E-state index < -0.39 is 53.1 Å². The number of carbonyl (C=O) groups excluding carboxylic acids is 4. The van der Waals surface area contributed by atoms with Crippen molar-refractivity contribution in [2.75, 3.05) is 20.3 Å². The van der Waals surface area contributed by atoms with Gasteiger partial charge in [0.15, 0.2) is 0 Å². The molecule has 2 aliphatic heterocycles. The molecule has 52 heavy (non-hydrogen) atoms. The Kier molecular flexibility index (Phi) is 11.0. The molecule has 278 valence electrons. The quantitative estimate of drug-likeness (QED) is 0.247. The number of carbonyl (C=O) groups is 4. The molecule has 5 unspecified atom stereocenters. The first-order valence-corrected chi connectivity index (χ1v) is 18.8. The van der Waals surface area contributed by atoms with Crippen LogP contribution in [0.4, 0.5) is 4.79 Å². The highest BCUT2D eigenvalue weighted by Gasteiger charge is 2.62. The van der Waals surface area contributed by atoms with Crippen molar-refractivity contribution in [2.24, 2.45) is 5.92 Å². The van der Waals surface area contributed by atoms with Gasteiger partial charge in [-0.3, -0.25) is 9.59 Å². The van der Waals surface area contributed by atoms with Crippen molar-refractivity contribution in [3.05, 3.63) is 48.0 Å². The van der Waals surface area contributed by atoms with E-state index in [-0.39, 0.29) is 25.5 Å². The Balaban J connectivity index is 1.36. The van der Waals surface area contributed by atoms with Crippen LogP contribution in [0, 0.1) is 5.92 Å². The molecule has 0 radical (unpaired) electrons. The lowest BCUT2D eigenvalue weighted by molar-refractivity contribution is -0.150. The highest BCUT2D eigenvalue weighted by atomic mass is 32.1. The fraction of sp³-hybridized carbons (Fsp3) is 0.541. The van der Waals surface area contributed by atoms with Crippen LogP contribution in [-0.2, 0) is 23.9 Å². The maximum absolute atomic E-state index is 14.5. The van der Waals surface area contributed by atoms with Gasteiger partial charge in [-0.2, -0.15) is 9.90 Å². The number of thiazole rings is 1. The van der Waals surface area contributed by atoms with E-state index in [2.05, 4.69) is 15.6 Å². The molecule has 4 heterocycles. The number of benzene rings is 1. The van der Waals surface area contributed by atoms with Crippen LogP contribution in [0.3, 0.4) is 0 Å². The Bertz CT molecular complexity index is 1790. The molecule has 3 aliphatic rings. The summed E-state index contributed by atoms with van der Waals surface area (Å²) in [5.74, 6) is -0.912. The van der Waals surface area contributed by atoms with E-state index in [1.165, 1.54) is 16.2 Å². The minimum atomic E-state index is -1.21. The topological polar surface area (TPSA) is 167 Å². The normalized spacial score (nSPS) is 25.2. The minimum absolute atomic E-state index is 0.0905. The smallest absolute Gasteiger partial charge is 0.408 e. The number of nitrogens with zero attached hydrogens (tertiary/aromatic N) is 5. The van der Waals surface area contributed by atoms with Gasteiger partial charge in [-0.05, 0) is 77.6 Å². The lowest BCUT2D eigenvalue weighted by Crippen LogP contribution is -2.56. The van der Waals surface area contributed by atoms with Crippen molar-refractivity contribution >= 4 is 35.2 Å². The Morgan fingerprint density at radius 1 is 1.10 bits per heavy atom. The van der Waals surface area contributed by atoms with Crippen LogP contribution in [0.1, 0.15) is 78.7 Å². The monoisotopic (exact) mass is 733 g/mol. The number of allylic oxidation sites excluding steroid dienone is 1. The number of aromatic nitrogens is 4. The molecular weight excluding hydrogens is 687 g/mol. The molecule has 6 rings (SSSR count). The third-order valence-electron chi connectivity index (χ3n) is 9.54. The first-order valence-electron chi connectivity index (χ1n) is 17.9. The summed E-state index contributed by atoms with van der Waals surface area (Å²) in [5, 5.41) is 18.1. The fourth-order valence-corrected chi connectivity index (χ4v) is 7.48. The lowest BCUT2D eigenvalue weighted by atomic mass is 10.0. The zero-order valence-electron chi connectivity index (χ0n) is 30.3. The Morgan fingerprint density at radius 3 is 2.56 bits per heavy atom. The molecule has 15 heteroatoms. The second-order valence-corrected chi connectivity index (χ2v) is 15.3. The summed E-state index contributed by atoms with van der Waals surface area (Å²) in [6.07, 6.45) is 9.11. The SMILES string of the molecule is CCOC(=O)C12CC1C=CCCCCCC(NC(=O)OC(C)(C)C)C(=O)N1CC(n3nc(-c4ccc(OC)cc4)c(-c4nccs4)n3)CC1C(=O)N2. The molecule has 0 bridgehead atoms. The van der Waals surface area contributed by atoms with E-state index in [4.69, 9.17) is 24.4 Å². The molecule has 3 aromatic rings. The number of methoxy groups -OCH3 is 1. The number of nitrogens with one attached hydrogen (secondary N) is 2. The van der Waals surface area contributed by atoms with Gasteiger partial charge >= 0.3 is 12.1 Å². The van der Waals surface area contributed by atoms with Gasteiger partial charge in [0.05, 0.1) is 19.8 Å². The molecule has 0 spiro atoms. The maximum atomic E-state index is 14.5. The van der Waals surface area contributed by atoms with E-state index in [1.807, 2.05) is 41.8 Å². The molecule has 1 saturated carbocycles. The standard InChI is InChI=1S/C37H47N7O7S/c1-6-50-34(47)37-21-24(37)12-10-8-7-9-11-13-27(39-35(48)51-36(2,3)4)33(46)43-22-25(20-28(43)31(45)40-37)44-41-29(23-14-16-26(49-5)17-15-23)30(42-44)32-38-18-19-52-32/h10,12,14-19,24-25,27-28H,6-9,11,13,20-22H2,1-5H3,(H,39,48)(H,40,45). The maximum Gasteiger partial charge on any atom is 0.408 e.